The molecular weight excluding hydrogens is 324 g/mol. The van der Waals surface area contributed by atoms with E-state index in [0.29, 0.717) is 21.5 Å². The highest BCUT2D eigenvalue weighted by atomic mass is 79.9. The van der Waals surface area contributed by atoms with Crippen LogP contribution in [-0.4, -0.2) is 15.7 Å². The standard InChI is InChI=1S/C13H13BrN4O2/c1-8-2-5-13(20)18(17-8)7-12(19)16-11-4-3-9(15)6-10(11)14/h2-6H,7,15H2,1H3,(H,16,19). The molecule has 0 fully saturated rings. The quantitative estimate of drug-likeness (QED) is 0.832. The van der Waals surface area contributed by atoms with Gasteiger partial charge in [-0.05, 0) is 47.1 Å². The first kappa shape index (κ1) is 14.3. The van der Waals surface area contributed by atoms with E-state index in [-0.39, 0.29) is 18.0 Å². The van der Waals surface area contributed by atoms with Gasteiger partial charge >= 0.3 is 0 Å². The first-order valence-electron chi connectivity index (χ1n) is 5.85. The predicted molar refractivity (Wildman–Crippen MR) is 80.4 cm³/mol. The van der Waals surface area contributed by atoms with Crippen molar-refractivity contribution in [2.75, 3.05) is 11.1 Å². The van der Waals surface area contributed by atoms with Crippen molar-refractivity contribution in [2.24, 2.45) is 0 Å². The van der Waals surface area contributed by atoms with Crippen LogP contribution in [0, 0.1) is 6.92 Å². The fraction of sp³-hybridized carbons (Fsp3) is 0.154. The molecule has 0 aliphatic heterocycles. The molecule has 3 N–H and O–H groups in total. The smallest absolute Gasteiger partial charge is 0.267 e. The minimum Gasteiger partial charge on any atom is -0.399 e. The van der Waals surface area contributed by atoms with Crippen molar-refractivity contribution in [3.05, 3.63) is 50.9 Å². The summed E-state index contributed by atoms with van der Waals surface area (Å²) >= 11 is 3.31. The van der Waals surface area contributed by atoms with Gasteiger partial charge < -0.3 is 11.1 Å². The SMILES string of the molecule is Cc1ccc(=O)n(CC(=O)Nc2ccc(N)cc2Br)n1. The molecule has 2 aromatic rings. The number of hydrogen-bond donors (Lipinski definition) is 2. The Balaban J connectivity index is 2.13. The number of rotatable bonds is 3. The second-order valence-electron chi connectivity index (χ2n) is 4.26. The van der Waals surface area contributed by atoms with Crippen LogP contribution in [0.4, 0.5) is 11.4 Å². The monoisotopic (exact) mass is 336 g/mol. The summed E-state index contributed by atoms with van der Waals surface area (Å²) in [6.07, 6.45) is 0. The zero-order chi connectivity index (χ0) is 14.7. The lowest BCUT2D eigenvalue weighted by Gasteiger charge is -2.09. The van der Waals surface area contributed by atoms with Crippen molar-refractivity contribution in [3.63, 3.8) is 0 Å². The first-order valence-corrected chi connectivity index (χ1v) is 6.64. The molecule has 0 aliphatic rings. The van der Waals surface area contributed by atoms with E-state index >= 15 is 0 Å². The molecular formula is C13H13BrN4O2. The molecule has 6 nitrogen and oxygen atoms in total. The Morgan fingerprint density at radius 1 is 1.40 bits per heavy atom. The van der Waals surface area contributed by atoms with E-state index in [2.05, 4.69) is 26.3 Å². The van der Waals surface area contributed by atoms with E-state index in [1.807, 2.05) is 0 Å². The van der Waals surface area contributed by atoms with Crippen LogP contribution in [0.25, 0.3) is 0 Å². The molecule has 1 amide bonds. The highest BCUT2D eigenvalue weighted by Gasteiger charge is 2.08. The number of amides is 1. The average Bonchev–Trinajstić information content (AvgIpc) is 2.37. The van der Waals surface area contributed by atoms with Crippen LogP contribution in [0.1, 0.15) is 5.69 Å². The number of halogens is 1. The minimum absolute atomic E-state index is 0.142. The molecule has 0 radical (unpaired) electrons. The number of carbonyl (C=O) groups is 1. The predicted octanol–water partition coefficient (Wildman–Crippen LogP) is 1.54. The largest absolute Gasteiger partial charge is 0.399 e. The van der Waals surface area contributed by atoms with Crippen LogP contribution in [0.15, 0.2) is 39.6 Å². The molecule has 1 heterocycles. The molecule has 0 saturated heterocycles. The highest BCUT2D eigenvalue weighted by molar-refractivity contribution is 9.10. The van der Waals surface area contributed by atoms with Gasteiger partial charge in [0, 0.05) is 16.2 Å². The Morgan fingerprint density at radius 3 is 2.85 bits per heavy atom. The summed E-state index contributed by atoms with van der Waals surface area (Å²) < 4.78 is 1.80. The molecule has 0 aliphatic carbocycles. The molecule has 2 rings (SSSR count). The molecule has 104 valence electrons. The van der Waals surface area contributed by atoms with Crippen molar-refractivity contribution < 1.29 is 4.79 Å². The van der Waals surface area contributed by atoms with Crippen LogP contribution in [0.5, 0.6) is 0 Å². The Bertz CT molecular complexity index is 712. The molecule has 0 unspecified atom stereocenters. The van der Waals surface area contributed by atoms with Gasteiger partial charge in [-0.25, -0.2) is 4.68 Å². The van der Waals surface area contributed by atoms with Crippen LogP contribution < -0.4 is 16.6 Å². The zero-order valence-corrected chi connectivity index (χ0v) is 12.3. The number of nitrogens with two attached hydrogens (primary N) is 1. The minimum atomic E-state index is -0.337. The molecule has 0 saturated carbocycles. The van der Waals surface area contributed by atoms with Gasteiger partial charge in [-0.2, -0.15) is 5.10 Å². The number of nitrogens with zero attached hydrogens (tertiary/aromatic N) is 2. The van der Waals surface area contributed by atoms with Gasteiger partial charge in [0.05, 0.1) is 11.4 Å². The number of carbonyl (C=O) groups excluding carboxylic acids is 1. The maximum atomic E-state index is 11.9. The number of aryl methyl sites for hydroxylation is 1. The molecule has 0 atom stereocenters. The van der Waals surface area contributed by atoms with E-state index in [9.17, 15) is 9.59 Å². The van der Waals surface area contributed by atoms with Crippen molar-refractivity contribution in [2.45, 2.75) is 13.5 Å². The Morgan fingerprint density at radius 2 is 2.15 bits per heavy atom. The summed E-state index contributed by atoms with van der Waals surface area (Å²) in [5, 5.41) is 6.69. The summed E-state index contributed by atoms with van der Waals surface area (Å²) in [5.41, 5.74) is 7.15. The molecule has 0 spiro atoms. The van der Waals surface area contributed by atoms with Gasteiger partial charge in [0.2, 0.25) is 5.91 Å². The lowest BCUT2D eigenvalue weighted by atomic mass is 10.3. The Labute approximate surface area is 123 Å². The maximum absolute atomic E-state index is 11.9. The third-order valence-electron chi connectivity index (χ3n) is 2.56. The normalized spacial score (nSPS) is 10.3. The van der Waals surface area contributed by atoms with Crippen LogP contribution >= 0.6 is 15.9 Å². The van der Waals surface area contributed by atoms with Crippen LogP contribution in [0.2, 0.25) is 0 Å². The van der Waals surface area contributed by atoms with Crippen LogP contribution in [0.3, 0.4) is 0 Å². The van der Waals surface area contributed by atoms with Gasteiger partial charge in [-0.3, -0.25) is 9.59 Å². The number of anilines is 2. The summed E-state index contributed by atoms with van der Waals surface area (Å²) in [5.74, 6) is -0.337. The van der Waals surface area contributed by atoms with Crippen molar-refractivity contribution in [3.8, 4) is 0 Å². The van der Waals surface area contributed by atoms with E-state index in [1.54, 1.807) is 31.2 Å². The zero-order valence-electron chi connectivity index (χ0n) is 10.8. The topological polar surface area (TPSA) is 90.0 Å². The van der Waals surface area contributed by atoms with Gasteiger partial charge in [0.1, 0.15) is 6.54 Å². The van der Waals surface area contributed by atoms with Crippen molar-refractivity contribution in [1.29, 1.82) is 0 Å². The third-order valence-corrected chi connectivity index (χ3v) is 3.22. The van der Waals surface area contributed by atoms with Gasteiger partial charge in [-0.1, -0.05) is 0 Å². The summed E-state index contributed by atoms with van der Waals surface area (Å²) in [7, 11) is 0. The molecule has 7 heteroatoms. The number of nitrogen functional groups attached to an aromatic ring is 1. The Kier molecular flexibility index (Phi) is 4.19. The molecule has 0 bridgehead atoms. The molecule has 1 aromatic carbocycles. The highest BCUT2D eigenvalue weighted by Crippen LogP contribution is 2.24. The fourth-order valence-corrected chi connectivity index (χ4v) is 2.12. The van der Waals surface area contributed by atoms with Crippen molar-refractivity contribution in [1.82, 2.24) is 9.78 Å². The van der Waals surface area contributed by atoms with Gasteiger partial charge in [-0.15, -0.1) is 0 Å². The summed E-state index contributed by atoms with van der Waals surface area (Å²) in [6, 6.07) is 8.04. The van der Waals surface area contributed by atoms with E-state index in [1.165, 1.54) is 6.07 Å². The number of aromatic nitrogens is 2. The molecule has 20 heavy (non-hydrogen) atoms. The Hall–Kier alpha value is -2.15. The third kappa shape index (κ3) is 3.45. The number of nitrogens with one attached hydrogen (secondary N) is 1. The summed E-state index contributed by atoms with van der Waals surface area (Å²) in [6.45, 7) is 1.61. The average molecular weight is 337 g/mol. The van der Waals surface area contributed by atoms with E-state index in [4.69, 9.17) is 5.73 Å². The number of benzene rings is 1. The van der Waals surface area contributed by atoms with E-state index in [0.717, 1.165) is 4.68 Å². The van der Waals surface area contributed by atoms with Gasteiger partial charge in [0.15, 0.2) is 0 Å². The fourth-order valence-electron chi connectivity index (χ4n) is 1.62. The first-order chi connectivity index (χ1) is 9.45. The lowest BCUT2D eigenvalue weighted by Crippen LogP contribution is -2.29. The lowest BCUT2D eigenvalue weighted by molar-refractivity contribution is -0.117. The second-order valence-corrected chi connectivity index (χ2v) is 5.11. The number of hydrogen-bond acceptors (Lipinski definition) is 4. The van der Waals surface area contributed by atoms with Crippen molar-refractivity contribution >= 4 is 33.2 Å². The van der Waals surface area contributed by atoms with Crippen LogP contribution in [-0.2, 0) is 11.3 Å². The van der Waals surface area contributed by atoms with Gasteiger partial charge in [0.25, 0.3) is 5.56 Å². The maximum Gasteiger partial charge on any atom is 0.267 e. The van der Waals surface area contributed by atoms with E-state index < -0.39 is 0 Å². The summed E-state index contributed by atoms with van der Waals surface area (Å²) in [4.78, 5) is 23.5. The molecule has 1 aromatic heterocycles. The second kappa shape index (κ2) is 5.87.